The summed E-state index contributed by atoms with van der Waals surface area (Å²) in [4.78, 5) is 28.1. The van der Waals surface area contributed by atoms with Gasteiger partial charge in [-0.2, -0.15) is 21.6 Å². The van der Waals surface area contributed by atoms with Crippen molar-refractivity contribution in [3.8, 4) is 5.75 Å². The van der Waals surface area contributed by atoms with Crippen molar-refractivity contribution in [1.29, 1.82) is 0 Å². The second-order valence-electron chi connectivity index (χ2n) is 8.51. The summed E-state index contributed by atoms with van der Waals surface area (Å²) in [7, 11) is -4.20. The maximum atomic E-state index is 13.6. The number of carbonyl (C=O) groups excluding carboxylic acids is 2. The van der Waals surface area contributed by atoms with E-state index in [2.05, 4.69) is 20.4 Å². The number of halogens is 3. The molecule has 198 valence electrons. The average molecular weight is 551 g/mol. The van der Waals surface area contributed by atoms with E-state index in [0.29, 0.717) is 23.7 Å². The third-order valence-corrected chi connectivity index (χ3v) is 7.97. The van der Waals surface area contributed by atoms with Gasteiger partial charge in [0.05, 0.1) is 23.8 Å². The van der Waals surface area contributed by atoms with Gasteiger partial charge in [-0.3, -0.25) is 14.4 Å². The highest BCUT2D eigenvalue weighted by molar-refractivity contribution is 7.93. The molecule has 0 unspecified atom stereocenters. The fraction of sp³-hybridized carbons (Fsp3) is 0.476. The Balaban J connectivity index is 1.96. The molecule has 1 aromatic carbocycles. The molecule has 0 radical (unpaired) electrons. The highest BCUT2D eigenvalue weighted by atomic mass is 32.2. The molecule has 0 bridgehead atoms. The van der Waals surface area contributed by atoms with Crippen LogP contribution in [0, 0.1) is 13.8 Å². The molecule has 36 heavy (non-hydrogen) atoms. The monoisotopic (exact) mass is 550 g/mol. The van der Waals surface area contributed by atoms with E-state index in [4.69, 9.17) is 4.74 Å². The number of nitrogens with one attached hydrogen (secondary N) is 2. The van der Waals surface area contributed by atoms with E-state index in [1.807, 2.05) is 0 Å². The van der Waals surface area contributed by atoms with Crippen LogP contribution in [0.4, 0.5) is 29.3 Å². The number of thiazole rings is 1. The third-order valence-electron chi connectivity index (χ3n) is 5.14. The van der Waals surface area contributed by atoms with Crippen molar-refractivity contribution in [2.24, 2.45) is 0 Å². The lowest BCUT2D eigenvalue weighted by Gasteiger charge is -2.35. The van der Waals surface area contributed by atoms with Gasteiger partial charge in [-0.05, 0) is 45.9 Å². The summed E-state index contributed by atoms with van der Waals surface area (Å²) in [6.45, 7) is 5.83. The van der Waals surface area contributed by atoms with Gasteiger partial charge in [-0.15, -0.1) is 11.3 Å². The fourth-order valence-electron chi connectivity index (χ4n) is 3.27. The minimum absolute atomic E-state index is 0.0213. The molecular weight excluding hydrogens is 525 g/mol. The number of benzene rings is 1. The molecule has 2 amide bonds. The molecule has 1 aliphatic heterocycles. The molecule has 0 aliphatic carbocycles. The number of aryl methyl sites for hydroxylation is 2. The van der Waals surface area contributed by atoms with Crippen LogP contribution in [0.1, 0.15) is 30.7 Å². The molecule has 0 saturated carbocycles. The number of nitrogens with zero attached hydrogens (tertiary/aromatic N) is 2. The number of rotatable bonds is 6. The third kappa shape index (κ3) is 5.83. The Kier molecular flexibility index (Phi) is 7.46. The fourth-order valence-corrected chi connectivity index (χ4v) is 6.07. The van der Waals surface area contributed by atoms with Crippen LogP contribution in [-0.2, 0) is 19.6 Å². The van der Waals surface area contributed by atoms with E-state index in [-0.39, 0.29) is 41.1 Å². The molecule has 3 rings (SSSR count). The van der Waals surface area contributed by atoms with Crippen LogP contribution < -0.4 is 19.7 Å². The predicted molar refractivity (Wildman–Crippen MR) is 126 cm³/mol. The molecule has 10 nitrogen and oxygen atoms in total. The molecule has 0 saturated heterocycles. The number of sulfonamides is 1. The summed E-state index contributed by atoms with van der Waals surface area (Å²) in [5.74, 6) is -0.205. The Hall–Kier alpha value is -3.07. The van der Waals surface area contributed by atoms with Crippen LogP contribution in [-0.4, -0.2) is 56.4 Å². The number of hydrogen-bond acceptors (Lipinski definition) is 8. The number of fused-ring (bicyclic) bond motifs is 1. The second-order valence-corrected chi connectivity index (χ2v) is 11.7. The minimum atomic E-state index is -4.80. The summed E-state index contributed by atoms with van der Waals surface area (Å²) < 4.78 is 77.7. The molecule has 2 N–H and O–H groups in total. The standard InChI is InChI=1S/C21H25F3N4O6S2/c1-11-18(26-13(3)35-11)36(31,32)28-10-15(9-25-12(2)29)33-17-7-6-14(8-16(17)28)27-19(30)34-20(4,5)21(22,23)24/h6-8,15H,9-10H2,1-5H3,(H,25,29)(H,27,30)/t15-/m0/s1. The molecule has 2 aromatic rings. The number of amides is 2. The first-order chi connectivity index (χ1) is 16.5. The van der Waals surface area contributed by atoms with Gasteiger partial charge < -0.3 is 14.8 Å². The van der Waals surface area contributed by atoms with Gasteiger partial charge in [0.25, 0.3) is 10.0 Å². The van der Waals surface area contributed by atoms with Crippen LogP contribution in [0.2, 0.25) is 0 Å². The zero-order valence-electron chi connectivity index (χ0n) is 20.0. The Morgan fingerprint density at radius 1 is 1.28 bits per heavy atom. The van der Waals surface area contributed by atoms with E-state index in [1.54, 1.807) is 13.8 Å². The molecule has 1 atom stereocenters. The van der Waals surface area contributed by atoms with Crippen molar-refractivity contribution in [2.75, 3.05) is 22.7 Å². The molecule has 2 heterocycles. The number of carbonyl (C=O) groups is 2. The Bertz CT molecular complexity index is 1280. The largest absolute Gasteiger partial charge is 0.484 e. The summed E-state index contributed by atoms with van der Waals surface area (Å²) in [5.41, 5.74) is -2.74. The number of ether oxygens (including phenoxy) is 2. The van der Waals surface area contributed by atoms with Crippen LogP contribution in [0.25, 0.3) is 0 Å². The lowest BCUT2D eigenvalue weighted by Crippen LogP contribution is -2.48. The summed E-state index contributed by atoms with van der Waals surface area (Å²) >= 11 is 1.20. The van der Waals surface area contributed by atoms with E-state index in [9.17, 15) is 31.2 Å². The number of aromatic nitrogens is 1. The number of anilines is 2. The van der Waals surface area contributed by atoms with Crippen LogP contribution in [0.3, 0.4) is 0 Å². The van der Waals surface area contributed by atoms with Crippen LogP contribution in [0.5, 0.6) is 5.75 Å². The highest BCUT2D eigenvalue weighted by Crippen LogP contribution is 2.40. The van der Waals surface area contributed by atoms with Gasteiger partial charge in [0, 0.05) is 17.5 Å². The normalized spacial score (nSPS) is 16.1. The van der Waals surface area contributed by atoms with E-state index < -0.39 is 34.0 Å². The van der Waals surface area contributed by atoms with E-state index in [1.165, 1.54) is 36.5 Å². The number of alkyl halides is 3. The Morgan fingerprint density at radius 2 is 1.94 bits per heavy atom. The SMILES string of the molecule is CC(=O)NC[C@H]1CN(S(=O)(=O)c2nc(C)sc2C)c2cc(NC(=O)OC(C)(C)C(F)(F)F)ccc2O1. The van der Waals surface area contributed by atoms with Gasteiger partial charge in [-0.25, -0.2) is 9.78 Å². The first-order valence-corrected chi connectivity index (χ1v) is 12.9. The van der Waals surface area contributed by atoms with Crippen molar-refractivity contribution >= 4 is 44.7 Å². The number of hydrogen-bond donors (Lipinski definition) is 2. The smallest absolute Gasteiger partial charge is 0.427 e. The molecule has 0 fully saturated rings. The summed E-state index contributed by atoms with van der Waals surface area (Å²) in [6.07, 6.45) is -6.92. The van der Waals surface area contributed by atoms with Crippen LogP contribution >= 0.6 is 11.3 Å². The highest BCUT2D eigenvalue weighted by Gasteiger charge is 2.51. The predicted octanol–water partition coefficient (Wildman–Crippen LogP) is 3.74. The van der Waals surface area contributed by atoms with Crippen molar-refractivity contribution in [2.45, 2.75) is 57.5 Å². The molecule has 1 aromatic heterocycles. The summed E-state index contributed by atoms with van der Waals surface area (Å²) in [6, 6.07) is 3.93. The molecule has 0 spiro atoms. The Morgan fingerprint density at radius 3 is 2.50 bits per heavy atom. The zero-order chi connectivity index (χ0) is 27.1. The van der Waals surface area contributed by atoms with Crippen molar-refractivity contribution in [1.82, 2.24) is 10.3 Å². The average Bonchev–Trinajstić information content (AvgIpc) is 3.09. The van der Waals surface area contributed by atoms with Crippen LogP contribution in [0.15, 0.2) is 23.2 Å². The van der Waals surface area contributed by atoms with Crippen molar-refractivity contribution in [3.63, 3.8) is 0 Å². The molecule has 1 aliphatic rings. The lowest BCUT2D eigenvalue weighted by molar-refractivity contribution is -0.242. The zero-order valence-corrected chi connectivity index (χ0v) is 21.7. The molecule has 15 heteroatoms. The van der Waals surface area contributed by atoms with Gasteiger partial charge in [0.1, 0.15) is 11.9 Å². The van der Waals surface area contributed by atoms with Gasteiger partial charge in [0.2, 0.25) is 11.5 Å². The maximum Gasteiger partial charge on any atom is 0.427 e. The quantitative estimate of drug-likeness (QED) is 0.561. The van der Waals surface area contributed by atoms with Crippen molar-refractivity contribution in [3.05, 3.63) is 28.1 Å². The maximum absolute atomic E-state index is 13.6. The summed E-state index contributed by atoms with van der Waals surface area (Å²) in [5, 5.41) is 5.16. The van der Waals surface area contributed by atoms with Crippen molar-refractivity contribution < 1.29 is 40.7 Å². The Labute approximate surface area is 209 Å². The molecular formula is C21H25F3N4O6S2. The van der Waals surface area contributed by atoms with Gasteiger partial charge in [-0.1, -0.05) is 0 Å². The van der Waals surface area contributed by atoms with E-state index >= 15 is 0 Å². The topological polar surface area (TPSA) is 127 Å². The minimum Gasteiger partial charge on any atom is -0.484 e. The second kappa shape index (κ2) is 9.76. The first kappa shape index (κ1) is 27.5. The first-order valence-electron chi connectivity index (χ1n) is 10.6. The van der Waals surface area contributed by atoms with Gasteiger partial charge >= 0.3 is 12.3 Å². The lowest BCUT2D eigenvalue weighted by atomic mass is 10.1. The van der Waals surface area contributed by atoms with Gasteiger partial charge in [0.15, 0.2) is 5.03 Å². The van der Waals surface area contributed by atoms with E-state index in [0.717, 1.165) is 4.31 Å².